The summed E-state index contributed by atoms with van der Waals surface area (Å²) in [5.74, 6) is -0.368. The summed E-state index contributed by atoms with van der Waals surface area (Å²) in [5.41, 5.74) is 3.31. The topological polar surface area (TPSA) is 108 Å². The second-order valence-electron chi connectivity index (χ2n) is 7.80. The van der Waals surface area contributed by atoms with Gasteiger partial charge in [0.2, 0.25) is 11.9 Å². The predicted octanol–water partition coefficient (Wildman–Crippen LogP) is 4.52. The van der Waals surface area contributed by atoms with Crippen molar-refractivity contribution in [1.29, 1.82) is 0 Å². The van der Waals surface area contributed by atoms with Gasteiger partial charge in [-0.3, -0.25) is 9.89 Å². The molecule has 1 saturated heterocycles. The molecule has 5 rings (SSSR count). The second-order valence-corrected chi connectivity index (χ2v) is 8.16. The van der Waals surface area contributed by atoms with Crippen molar-refractivity contribution in [2.45, 2.75) is 0 Å². The third-order valence-corrected chi connectivity index (χ3v) is 5.79. The molecule has 2 aromatic carbocycles. The van der Waals surface area contributed by atoms with Crippen LogP contribution in [0.4, 0.5) is 27.4 Å². The fourth-order valence-corrected chi connectivity index (χ4v) is 4.08. The average Bonchev–Trinajstić information content (AvgIpc) is 3.25. The summed E-state index contributed by atoms with van der Waals surface area (Å²) >= 11 is 6.33. The smallest absolute Gasteiger partial charge is 0.247 e. The van der Waals surface area contributed by atoms with Crippen LogP contribution in [0.25, 0.3) is 22.3 Å². The second kappa shape index (κ2) is 9.69. The van der Waals surface area contributed by atoms with Gasteiger partial charge < -0.3 is 20.3 Å². The number of morpholine rings is 1. The first-order chi connectivity index (χ1) is 17.0. The summed E-state index contributed by atoms with van der Waals surface area (Å²) < 4.78 is 19.9. The van der Waals surface area contributed by atoms with E-state index >= 15 is 0 Å². The first-order valence-corrected chi connectivity index (χ1v) is 11.2. The van der Waals surface area contributed by atoms with Gasteiger partial charge in [-0.25, -0.2) is 9.37 Å². The number of hydrogen-bond donors (Lipinski definition) is 3. The van der Waals surface area contributed by atoms with Gasteiger partial charge in [-0.1, -0.05) is 30.3 Å². The van der Waals surface area contributed by atoms with Crippen LogP contribution in [0.1, 0.15) is 0 Å². The van der Waals surface area contributed by atoms with Crippen molar-refractivity contribution >= 4 is 51.6 Å². The van der Waals surface area contributed by atoms with Gasteiger partial charge in [-0.15, -0.1) is 0 Å². The number of amides is 1. The molecular formula is C24H21ClFN7O2. The van der Waals surface area contributed by atoms with Crippen LogP contribution in [0.15, 0.2) is 55.1 Å². The van der Waals surface area contributed by atoms with Crippen molar-refractivity contribution in [3.63, 3.8) is 0 Å². The van der Waals surface area contributed by atoms with Gasteiger partial charge in [0, 0.05) is 30.0 Å². The van der Waals surface area contributed by atoms with Crippen molar-refractivity contribution in [2.24, 2.45) is 0 Å². The molecule has 3 N–H and O–H groups in total. The lowest BCUT2D eigenvalue weighted by Gasteiger charge is -2.29. The zero-order valence-electron chi connectivity index (χ0n) is 18.5. The number of fused-ring (bicyclic) bond motifs is 1. The van der Waals surface area contributed by atoms with Crippen LogP contribution >= 0.6 is 11.6 Å². The number of ether oxygens (including phenoxy) is 1. The van der Waals surface area contributed by atoms with Crippen LogP contribution in [0.5, 0.6) is 0 Å². The minimum absolute atomic E-state index is 0.221. The minimum Gasteiger partial charge on any atom is -0.378 e. The Morgan fingerprint density at radius 2 is 2.00 bits per heavy atom. The highest BCUT2D eigenvalue weighted by molar-refractivity contribution is 6.35. The van der Waals surface area contributed by atoms with E-state index in [-0.39, 0.29) is 22.8 Å². The van der Waals surface area contributed by atoms with Gasteiger partial charge >= 0.3 is 0 Å². The van der Waals surface area contributed by atoms with Crippen LogP contribution in [0, 0.1) is 5.82 Å². The Balaban J connectivity index is 1.52. The zero-order chi connectivity index (χ0) is 24.4. The molecule has 1 fully saturated rings. The fourth-order valence-electron chi connectivity index (χ4n) is 3.86. The molecular weight excluding hydrogens is 473 g/mol. The molecule has 9 nitrogen and oxygen atoms in total. The van der Waals surface area contributed by atoms with Crippen LogP contribution < -0.4 is 15.5 Å². The van der Waals surface area contributed by atoms with E-state index in [2.05, 4.69) is 37.4 Å². The number of anilines is 4. The molecule has 3 heterocycles. The third kappa shape index (κ3) is 4.79. The number of benzene rings is 2. The number of rotatable bonds is 6. The fraction of sp³-hybridized carbons (Fsp3) is 0.167. The van der Waals surface area contributed by atoms with Crippen LogP contribution in [0.3, 0.4) is 0 Å². The van der Waals surface area contributed by atoms with Gasteiger partial charge in [0.1, 0.15) is 5.82 Å². The Labute approximate surface area is 205 Å². The molecule has 2 aromatic heterocycles. The monoisotopic (exact) mass is 493 g/mol. The number of carbonyl (C=O) groups is 1. The van der Waals surface area contributed by atoms with E-state index in [0.717, 1.165) is 0 Å². The van der Waals surface area contributed by atoms with E-state index < -0.39 is 0 Å². The molecule has 178 valence electrons. The molecule has 1 aliphatic heterocycles. The Morgan fingerprint density at radius 3 is 2.80 bits per heavy atom. The number of halogens is 2. The summed E-state index contributed by atoms with van der Waals surface area (Å²) in [5, 5.41) is 13.5. The maximum Gasteiger partial charge on any atom is 0.247 e. The third-order valence-electron chi connectivity index (χ3n) is 5.52. The highest BCUT2D eigenvalue weighted by Gasteiger charge is 2.18. The zero-order valence-corrected chi connectivity index (χ0v) is 19.3. The summed E-state index contributed by atoms with van der Waals surface area (Å²) in [4.78, 5) is 22.8. The molecule has 0 atom stereocenters. The van der Waals surface area contributed by atoms with Gasteiger partial charge in [-0.05, 0) is 36.4 Å². The maximum absolute atomic E-state index is 14.5. The Morgan fingerprint density at radius 1 is 1.17 bits per heavy atom. The van der Waals surface area contributed by atoms with Crippen LogP contribution in [0.2, 0.25) is 5.15 Å². The quantitative estimate of drug-likeness (QED) is 0.339. The van der Waals surface area contributed by atoms with E-state index in [9.17, 15) is 9.18 Å². The Bertz CT molecular complexity index is 1420. The molecule has 0 saturated carbocycles. The summed E-state index contributed by atoms with van der Waals surface area (Å²) in [6.45, 7) is 5.79. The number of hydrogen-bond acceptors (Lipinski definition) is 7. The number of nitrogens with one attached hydrogen (secondary N) is 3. The summed E-state index contributed by atoms with van der Waals surface area (Å²) in [6.07, 6.45) is 1.19. The number of carbonyl (C=O) groups excluding carboxylic acids is 1. The first-order valence-electron chi connectivity index (χ1n) is 10.9. The average molecular weight is 494 g/mol. The molecule has 0 bridgehead atoms. The largest absolute Gasteiger partial charge is 0.378 e. The molecule has 1 aliphatic rings. The van der Waals surface area contributed by atoms with Gasteiger partial charge in [0.25, 0.3) is 0 Å². The van der Waals surface area contributed by atoms with Gasteiger partial charge in [0.15, 0.2) is 10.8 Å². The molecule has 0 unspecified atom stereocenters. The van der Waals surface area contributed by atoms with E-state index in [1.807, 2.05) is 11.0 Å². The lowest BCUT2D eigenvalue weighted by molar-refractivity contribution is -0.111. The van der Waals surface area contributed by atoms with E-state index in [4.69, 9.17) is 16.3 Å². The molecule has 0 radical (unpaired) electrons. The Kier molecular flexibility index (Phi) is 6.30. The van der Waals surface area contributed by atoms with E-state index in [1.54, 1.807) is 30.3 Å². The molecule has 0 aliphatic carbocycles. The lowest BCUT2D eigenvalue weighted by atomic mass is 10.1. The number of H-pyrrole nitrogens is 1. The summed E-state index contributed by atoms with van der Waals surface area (Å²) in [7, 11) is 0. The van der Waals surface area contributed by atoms with Crippen molar-refractivity contribution in [1.82, 2.24) is 20.2 Å². The summed E-state index contributed by atoms with van der Waals surface area (Å²) in [6, 6.07) is 11.9. The molecule has 11 heteroatoms. The SMILES string of the molecule is C=CC(=O)Nc1cccc(-c2nc(Nc3ccc(F)c(N4CCOCC4)c3)nc3[nH]nc(Cl)c23)c1. The number of aromatic nitrogens is 4. The highest BCUT2D eigenvalue weighted by Crippen LogP contribution is 2.33. The normalized spacial score (nSPS) is 13.6. The molecule has 4 aromatic rings. The van der Waals surface area contributed by atoms with Gasteiger partial charge in [0.05, 0.1) is 30.0 Å². The van der Waals surface area contributed by atoms with Crippen LogP contribution in [-0.4, -0.2) is 52.4 Å². The number of nitrogens with zero attached hydrogens (tertiary/aromatic N) is 4. The van der Waals surface area contributed by atoms with Crippen LogP contribution in [-0.2, 0) is 9.53 Å². The van der Waals surface area contributed by atoms with Crippen molar-refractivity contribution < 1.29 is 13.9 Å². The minimum atomic E-state index is -0.328. The van der Waals surface area contributed by atoms with E-state index in [0.29, 0.717) is 65.7 Å². The van der Waals surface area contributed by atoms with E-state index in [1.165, 1.54) is 12.1 Å². The predicted molar refractivity (Wildman–Crippen MR) is 134 cm³/mol. The maximum atomic E-state index is 14.5. The van der Waals surface area contributed by atoms with Gasteiger partial charge in [-0.2, -0.15) is 10.1 Å². The highest BCUT2D eigenvalue weighted by atomic mass is 35.5. The standard InChI is InChI=1S/C24H21ClFN7O2/c1-2-19(34)27-15-5-3-4-14(12-15)21-20-22(25)31-32-23(20)30-24(29-21)28-16-6-7-17(26)18(13-16)33-8-10-35-11-9-33/h2-7,12-13H,1,8-11H2,(H,27,34)(H2,28,29,30,31,32). The number of aromatic amines is 1. The Hall–Kier alpha value is -4.02. The van der Waals surface area contributed by atoms with Crippen molar-refractivity contribution in [3.05, 3.63) is 66.1 Å². The lowest BCUT2D eigenvalue weighted by Crippen LogP contribution is -2.36. The first kappa shape index (κ1) is 22.8. The molecule has 0 spiro atoms. The van der Waals surface area contributed by atoms with Crippen molar-refractivity contribution in [3.8, 4) is 11.3 Å². The molecule has 35 heavy (non-hydrogen) atoms. The molecule has 1 amide bonds. The van der Waals surface area contributed by atoms with Crippen molar-refractivity contribution in [2.75, 3.05) is 41.8 Å².